The first-order valence-electron chi connectivity index (χ1n) is 5.69. The lowest BCUT2D eigenvalue weighted by Gasteiger charge is -2.16. The highest BCUT2D eigenvalue weighted by Crippen LogP contribution is 2.55. The van der Waals surface area contributed by atoms with Crippen molar-refractivity contribution in [1.82, 2.24) is 0 Å². The first kappa shape index (κ1) is 10.3. The van der Waals surface area contributed by atoms with Gasteiger partial charge in [0.2, 0.25) is 0 Å². The number of Topliss-reactive ketones (excluding diaryl/α,β-unsaturated/α-hetero) is 1. The predicted octanol–water partition coefficient (Wildman–Crippen LogP) is 3.29. The fourth-order valence-corrected chi connectivity index (χ4v) is 2.70. The molecule has 0 amide bonds. The molecular weight excluding hydrogens is 224 g/mol. The molecule has 0 radical (unpaired) electrons. The number of rotatable bonds is 1. The highest BCUT2D eigenvalue weighted by Gasteiger charge is 2.62. The van der Waals surface area contributed by atoms with Crippen molar-refractivity contribution >= 4 is 17.4 Å². The quantitative estimate of drug-likeness (QED) is 0.701. The lowest BCUT2D eigenvalue weighted by molar-refractivity contribution is -0.125. The van der Waals surface area contributed by atoms with Gasteiger partial charge < -0.3 is 4.74 Å². The Balaban J connectivity index is 1.84. The summed E-state index contributed by atoms with van der Waals surface area (Å²) >= 11 is 5.83. The maximum Gasteiger partial charge on any atom is 0.167 e. The Morgan fingerprint density at radius 3 is 2.69 bits per heavy atom. The van der Waals surface area contributed by atoms with Crippen LogP contribution in [0.2, 0.25) is 5.02 Å². The van der Waals surface area contributed by atoms with Gasteiger partial charge in [-0.2, -0.15) is 0 Å². The Kier molecular flexibility index (Phi) is 2.30. The molecule has 2 nitrogen and oxygen atoms in total. The van der Waals surface area contributed by atoms with Crippen LogP contribution >= 0.6 is 11.6 Å². The van der Waals surface area contributed by atoms with Crippen LogP contribution in [-0.4, -0.2) is 11.4 Å². The van der Waals surface area contributed by atoms with Gasteiger partial charge in [-0.3, -0.25) is 4.79 Å². The van der Waals surface area contributed by atoms with E-state index < -0.39 is 5.60 Å². The molecular formula is C13H13ClO2. The summed E-state index contributed by atoms with van der Waals surface area (Å²) in [7, 11) is 0. The standard InChI is InChI=1S/C13H13ClO2/c14-10-6-4-9(5-7-10)12-13(16-12)8-2-1-3-11(13)15/h4-7,12H,1-3,8H2. The molecule has 1 aliphatic heterocycles. The van der Waals surface area contributed by atoms with Gasteiger partial charge in [0, 0.05) is 11.4 Å². The summed E-state index contributed by atoms with van der Waals surface area (Å²) in [5, 5.41) is 0.716. The van der Waals surface area contributed by atoms with Crippen LogP contribution in [0.4, 0.5) is 0 Å². The monoisotopic (exact) mass is 236 g/mol. The van der Waals surface area contributed by atoms with Crippen LogP contribution in [0.1, 0.15) is 37.4 Å². The third kappa shape index (κ3) is 1.48. The molecule has 1 spiro atoms. The van der Waals surface area contributed by atoms with Gasteiger partial charge in [-0.1, -0.05) is 23.7 Å². The first-order valence-corrected chi connectivity index (χ1v) is 6.07. The molecule has 1 aromatic rings. The van der Waals surface area contributed by atoms with E-state index in [4.69, 9.17) is 16.3 Å². The summed E-state index contributed by atoms with van der Waals surface area (Å²) < 4.78 is 5.69. The zero-order valence-electron chi connectivity index (χ0n) is 8.91. The SMILES string of the molecule is O=C1CCCCC12OC2c1ccc(Cl)cc1. The second kappa shape index (κ2) is 3.57. The Labute approximate surface area is 99.6 Å². The van der Waals surface area contributed by atoms with Crippen molar-refractivity contribution in [3.05, 3.63) is 34.9 Å². The van der Waals surface area contributed by atoms with E-state index in [0.717, 1.165) is 24.8 Å². The zero-order chi connectivity index (χ0) is 11.2. The summed E-state index contributed by atoms with van der Waals surface area (Å²) in [6.07, 6.45) is 3.62. The maximum absolute atomic E-state index is 11.9. The summed E-state index contributed by atoms with van der Waals surface area (Å²) in [4.78, 5) is 11.9. The van der Waals surface area contributed by atoms with Crippen LogP contribution in [0.5, 0.6) is 0 Å². The molecule has 84 valence electrons. The normalized spacial score (nSPS) is 33.1. The molecule has 2 aliphatic rings. The third-order valence-electron chi connectivity index (χ3n) is 3.54. The number of epoxide rings is 1. The van der Waals surface area contributed by atoms with Crippen LogP contribution in [0.15, 0.2) is 24.3 Å². The molecule has 3 rings (SSSR count). The second-order valence-corrected chi connectivity index (χ2v) is 5.01. The molecule has 1 heterocycles. The fourth-order valence-electron chi connectivity index (χ4n) is 2.58. The molecule has 3 heteroatoms. The molecule has 0 bridgehead atoms. The highest BCUT2D eigenvalue weighted by atomic mass is 35.5. The maximum atomic E-state index is 11.9. The van der Waals surface area contributed by atoms with Gasteiger partial charge in [-0.15, -0.1) is 0 Å². The van der Waals surface area contributed by atoms with Crippen LogP contribution < -0.4 is 0 Å². The third-order valence-corrected chi connectivity index (χ3v) is 3.79. The number of hydrogen-bond donors (Lipinski definition) is 0. The Hall–Kier alpha value is -0.860. The highest BCUT2D eigenvalue weighted by molar-refractivity contribution is 6.30. The van der Waals surface area contributed by atoms with Crippen molar-refractivity contribution in [2.24, 2.45) is 0 Å². The van der Waals surface area contributed by atoms with Crippen LogP contribution in [0.25, 0.3) is 0 Å². The lowest BCUT2D eigenvalue weighted by Crippen LogP contribution is -2.28. The van der Waals surface area contributed by atoms with Crippen LogP contribution in [0.3, 0.4) is 0 Å². The topological polar surface area (TPSA) is 29.6 Å². The minimum Gasteiger partial charge on any atom is -0.353 e. The molecule has 1 saturated carbocycles. The van der Waals surface area contributed by atoms with Gasteiger partial charge in [0.25, 0.3) is 0 Å². The van der Waals surface area contributed by atoms with Crippen molar-refractivity contribution in [1.29, 1.82) is 0 Å². The lowest BCUT2D eigenvalue weighted by atomic mass is 9.83. The molecule has 16 heavy (non-hydrogen) atoms. The smallest absolute Gasteiger partial charge is 0.167 e. The van der Waals surface area contributed by atoms with Crippen molar-refractivity contribution < 1.29 is 9.53 Å². The van der Waals surface area contributed by atoms with Crippen molar-refractivity contribution in [3.63, 3.8) is 0 Å². The number of hydrogen-bond acceptors (Lipinski definition) is 2. The fraction of sp³-hybridized carbons (Fsp3) is 0.462. The molecule has 2 unspecified atom stereocenters. The van der Waals surface area contributed by atoms with Gasteiger partial charge in [-0.05, 0) is 37.0 Å². The molecule has 2 atom stereocenters. The largest absolute Gasteiger partial charge is 0.353 e. The average Bonchev–Trinajstić information content (AvgIpc) is 3.00. The zero-order valence-corrected chi connectivity index (χ0v) is 9.67. The number of ketones is 1. The van der Waals surface area contributed by atoms with Crippen molar-refractivity contribution in [2.45, 2.75) is 37.4 Å². The summed E-state index contributed by atoms with van der Waals surface area (Å²) in [5.41, 5.74) is 0.589. The Morgan fingerprint density at radius 1 is 1.25 bits per heavy atom. The van der Waals surface area contributed by atoms with Gasteiger partial charge in [-0.25, -0.2) is 0 Å². The van der Waals surface area contributed by atoms with Gasteiger partial charge in [0.15, 0.2) is 11.4 Å². The van der Waals surface area contributed by atoms with E-state index in [2.05, 4.69) is 0 Å². The van der Waals surface area contributed by atoms with E-state index in [9.17, 15) is 4.79 Å². The second-order valence-electron chi connectivity index (χ2n) is 4.57. The molecule has 0 N–H and O–H groups in total. The van der Waals surface area contributed by atoms with Crippen molar-refractivity contribution in [3.8, 4) is 0 Å². The first-order chi connectivity index (χ1) is 7.72. The molecule has 0 aromatic heterocycles. The minimum atomic E-state index is -0.480. The number of benzene rings is 1. The molecule has 2 fully saturated rings. The number of ether oxygens (including phenoxy) is 1. The van der Waals surface area contributed by atoms with Gasteiger partial charge in [0.1, 0.15) is 6.10 Å². The minimum absolute atomic E-state index is 0.0300. The molecule has 1 aliphatic carbocycles. The number of carbonyl (C=O) groups excluding carboxylic acids is 1. The Morgan fingerprint density at radius 2 is 2.00 bits per heavy atom. The van der Waals surface area contributed by atoms with E-state index in [1.165, 1.54) is 0 Å². The van der Waals surface area contributed by atoms with E-state index in [0.29, 0.717) is 11.4 Å². The number of carbonyl (C=O) groups is 1. The van der Waals surface area contributed by atoms with Crippen molar-refractivity contribution in [2.75, 3.05) is 0 Å². The Bertz CT molecular complexity index is 426. The van der Waals surface area contributed by atoms with E-state index in [1.54, 1.807) is 0 Å². The van der Waals surface area contributed by atoms with Crippen LogP contribution in [-0.2, 0) is 9.53 Å². The number of halogens is 1. The van der Waals surface area contributed by atoms with Gasteiger partial charge in [0.05, 0.1) is 0 Å². The predicted molar refractivity (Wildman–Crippen MR) is 61.5 cm³/mol. The summed E-state index contributed by atoms with van der Waals surface area (Å²) in [6, 6.07) is 7.59. The molecule has 1 aromatic carbocycles. The van der Waals surface area contributed by atoms with Gasteiger partial charge >= 0.3 is 0 Å². The average molecular weight is 237 g/mol. The summed E-state index contributed by atoms with van der Waals surface area (Å²) in [6.45, 7) is 0. The van der Waals surface area contributed by atoms with E-state index in [-0.39, 0.29) is 11.9 Å². The summed E-state index contributed by atoms with van der Waals surface area (Å²) in [5.74, 6) is 0.277. The van der Waals surface area contributed by atoms with E-state index >= 15 is 0 Å². The van der Waals surface area contributed by atoms with Crippen LogP contribution in [0, 0.1) is 0 Å². The molecule has 1 saturated heterocycles. The van der Waals surface area contributed by atoms with E-state index in [1.807, 2.05) is 24.3 Å².